The van der Waals surface area contributed by atoms with Crippen molar-refractivity contribution in [2.24, 2.45) is 12.8 Å². The van der Waals surface area contributed by atoms with Gasteiger partial charge in [0.25, 0.3) is 5.91 Å². The summed E-state index contributed by atoms with van der Waals surface area (Å²) in [6, 6.07) is 12.1. The van der Waals surface area contributed by atoms with E-state index in [4.69, 9.17) is 21.4 Å². The number of nitrogens with one attached hydrogen (secondary N) is 1. The minimum Gasteiger partial charge on any atom is -0.381 e. The van der Waals surface area contributed by atoms with E-state index < -0.39 is 5.91 Å². The van der Waals surface area contributed by atoms with Crippen molar-refractivity contribution >= 4 is 34.8 Å². The van der Waals surface area contributed by atoms with Crippen LogP contribution in [0.5, 0.6) is 0 Å². The number of fused-ring (bicyclic) bond motifs is 2. The van der Waals surface area contributed by atoms with E-state index in [-0.39, 0.29) is 17.2 Å². The van der Waals surface area contributed by atoms with Gasteiger partial charge in [0.05, 0.1) is 34.2 Å². The van der Waals surface area contributed by atoms with Crippen LogP contribution < -0.4 is 16.8 Å². The fraction of sp³-hybridized carbons (Fsp3) is 0.138. The fourth-order valence-electron chi connectivity index (χ4n) is 4.21. The van der Waals surface area contributed by atoms with Crippen molar-refractivity contribution in [3.63, 3.8) is 0 Å². The predicted octanol–water partition coefficient (Wildman–Crippen LogP) is 3.59. The number of nitrogens with zero attached hydrogens (tertiary/aromatic N) is 6. The summed E-state index contributed by atoms with van der Waals surface area (Å²) in [6.07, 6.45) is 7.92. The molecule has 6 rings (SSSR count). The molecule has 2 aromatic carbocycles. The van der Waals surface area contributed by atoms with Gasteiger partial charge in [-0.2, -0.15) is 5.10 Å². The lowest BCUT2D eigenvalue weighted by Crippen LogP contribution is -2.17. The molecule has 200 valence electrons. The number of para-hydroxylation sites is 1. The van der Waals surface area contributed by atoms with Crippen LogP contribution in [0.1, 0.15) is 34.1 Å². The van der Waals surface area contributed by atoms with Gasteiger partial charge in [-0.1, -0.05) is 24.8 Å². The molecule has 1 amide bonds. The van der Waals surface area contributed by atoms with Crippen LogP contribution in [-0.4, -0.2) is 42.0 Å². The molecule has 11 heteroatoms. The van der Waals surface area contributed by atoms with Crippen molar-refractivity contribution in [1.29, 1.82) is 0 Å². The maximum atomic E-state index is 13.3. The number of aryl methyl sites for hydroxylation is 2. The third-order valence-corrected chi connectivity index (χ3v) is 6.08. The normalized spacial score (nSPS) is 11.6. The van der Waals surface area contributed by atoms with E-state index in [1.54, 1.807) is 29.2 Å². The Bertz CT molecular complexity index is 1810. The summed E-state index contributed by atoms with van der Waals surface area (Å²) in [6.45, 7) is 2.68. The van der Waals surface area contributed by atoms with Crippen LogP contribution in [0, 0.1) is 17.7 Å². The molecule has 3 aromatic heterocycles. The lowest BCUT2D eigenvalue weighted by Gasteiger charge is -2.09. The number of amides is 1. The van der Waals surface area contributed by atoms with Gasteiger partial charge in [-0.05, 0) is 48.9 Å². The molecule has 0 bridgehead atoms. The summed E-state index contributed by atoms with van der Waals surface area (Å²) >= 11 is 0. The van der Waals surface area contributed by atoms with E-state index in [0.717, 1.165) is 45.5 Å². The second kappa shape index (κ2) is 11.1. The molecular formula is C29H26FN9O. The van der Waals surface area contributed by atoms with Crippen molar-refractivity contribution in [2.45, 2.75) is 13.3 Å². The number of carbonyl (C=O) groups is 1. The maximum absolute atomic E-state index is 13.3. The molecule has 0 fully saturated rings. The van der Waals surface area contributed by atoms with Gasteiger partial charge in [0.2, 0.25) is 0 Å². The predicted molar refractivity (Wildman–Crippen MR) is 152 cm³/mol. The number of benzene rings is 2. The van der Waals surface area contributed by atoms with Crippen molar-refractivity contribution in [2.75, 3.05) is 17.6 Å². The lowest BCUT2D eigenvalue weighted by molar-refractivity contribution is 0.100. The number of nitrogen functional groups attached to an aromatic ring is 1. The zero-order valence-corrected chi connectivity index (χ0v) is 21.9. The van der Waals surface area contributed by atoms with E-state index in [9.17, 15) is 9.18 Å². The number of primary amides is 1. The van der Waals surface area contributed by atoms with Gasteiger partial charge in [-0.3, -0.25) is 9.48 Å². The van der Waals surface area contributed by atoms with Gasteiger partial charge in [0.15, 0.2) is 5.82 Å². The highest BCUT2D eigenvalue weighted by molar-refractivity contribution is 6.02. The summed E-state index contributed by atoms with van der Waals surface area (Å²) in [7, 11) is 1.86. The smallest absolute Gasteiger partial charge is 0.256 e. The van der Waals surface area contributed by atoms with E-state index >= 15 is 0 Å². The van der Waals surface area contributed by atoms with Crippen molar-refractivity contribution in [3.05, 3.63) is 89.1 Å². The van der Waals surface area contributed by atoms with Gasteiger partial charge in [-0.15, -0.1) is 5.10 Å². The van der Waals surface area contributed by atoms with E-state index in [2.05, 4.69) is 27.4 Å². The van der Waals surface area contributed by atoms with Crippen LogP contribution in [0.4, 0.5) is 16.0 Å². The van der Waals surface area contributed by atoms with Gasteiger partial charge >= 0.3 is 0 Å². The Morgan fingerprint density at radius 3 is 2.65 bits per heavy atom. The van der Waals surface area contributed by atoms with Crippen molar-refractivity contribution in [1.82, 2.24) is 29.5 Å². The molecule has 0 saturated heterocycles. The number of anilines is 2. The average Bonchev–Trinajstić information content (AvgIpc) is 3.53. The first kappa shape index (κ1) is 26.1. The van der Waals surface area contributed by atoms with E-state index in [1.807, 2.05) is 44.4 Å². The Morgan fingerprint density at radius 1 is 1.15 bits per heavy atom. The maximum Gasteiger partial charge on any atom is 0.256 e. The molecular weight excluding hydrogens is 509 g/mol. The quantitative estimate of drug-likeness (QED) is 0.300. The topological polar surface area (TPSA) is 143 Å². The molecule has 1 aliphatic heterocycles. The minimum atomic E-state index is -0.568. The monoisotopic (exact) mass is 535 g/mol. The average molecular weight is 536 g/mol. The molecule has 0 aliphatic carbocycles. The van der Waals surface area contributed by atoms with Crippen LogP contribution in [-0.2, 0) is 13.5 Å². The van der Waals surface area contributed by atoms with Crippen LogP contribution >= 0.6 is 0 Å². The molecule has 1 aliphatic rings. The van der Waals surface area contributed by atoms with Gasteiger partial charge in [0.1, 0.15) is 22.7 Å². The molecule has 0 unspecified atom stereocenters. The molecule has 0 atom stereocenters. The molecule has 10 nitrogen and oxygen atoms in total. The largest absolute Gasteiger partial charge is 0.381 e. The molecule has 40 heavy (non-hydrogen) atoms. The highest BCUT2D eigenvalue weighted by Gasteiger charge is 2.20. The zero-order chi connectivity index (χ0) is 28.2. The first-order valence-electron chi connectivity index (χ1n) is 12.5. The number of nitrogens with two attached hydrogens (primary N) is 2. The first-order chi connectivity index (χ1) is 19.3. The molecule has 0 radical (unpaired) electrons. The second-order valence-electron chi connectivity index (χ2n) is 8.89. The van der Waals surface area contributed by atoms with Crippen molar-refractivity contribution < 1.29 is 9.18 Å². The number of hydrogen-bond donors (Lipinski definition) is 3. The molecule has 0 saturated carbocycles. The minimum absolute atomic E-state index is 0.154. The second-order valence-corrected chi connectivity index (χ2v) is 8.89. The third-order valence-electron chi connectivity index (χ3n) is 6.08. The Balaban J connectivity index is 0.000000207. The van der Waals surface area contributed by atoms with E-state index in [1.165, 1.54) is 16.8 Å². The first-order valence-corrected chi connectivity index (χ1v) is 12.5. The number of carbonyl (C=O) groups excluding carboxylic acids is 1. The number of aromatic nitrogens is 6. The number of hydrogen-bond acceptors (Lipinski definition) is 7. The molecule has 4 heterocycles. The van der Waals surface area contributed by atoms with Gasteiger partial charge in [-0.25, -0.2) is 19.0 Å². The Kier molecular flexibility index (Phi) is 7.24. The summed E-state index contributed by atoms with van der Waals surface area (Å²) in [5, 5.41) is 11.0. The summed E-state index contributed by atoms with van der Waals surface area (Å²) < 4.78 is 16.5. The lowest BCUT2D eigenvalue weighted by atomic mass is 10.1. The van der Waals surface area contributed by atoms with Crippen LogP contribution in [0.2, 0.25) is 0 Å². The van der Waals surface area contributed by atoms with Crippen molar-refractivity contribution in [3.8, 4) is 23.1 Å². The third kappa shape index (κ3) is 5.37. The highest BCUT2D eigenvalue weighted by atomic mass is 19.1. The summed E-state index contributed by atoms with van der Waals surface area (Å²) in [5.74, 6) is 6.17. The Morgan fingerprint density at radius 2 is 1.95 bits per heavy atom. The molecule has 5 aromatic rings. The molecule has 0 spiro atoms. The Hall–Kier alpha value is -5.50. The van der Waals surface area contributed by atoms with E-state index in [0.29, 0.717) is 12.4 Å². The number of rotatable bonds is 3. The summed E-state index contributed by atoms with van der Waals surface area (Å²) in [4.78, 5) is 20.6. The highest BCUT2D eigenvalue weighted by Crippen LogP contribution is 2.26. The SMILES string of the molecule is CCc1nc2cccc(C#Cc3cnn(C)c3)c2nc1-c1ccc(F)cc1.NC(=O)c1c(N)nn2c1NCC=C2. The van der Waals surface area contributed by atoms with Crippen LogP contribution in [0.25, 0.3) is 28.5 Å². The molecule has 5 N–H and O–H groups in total. The summed E-state index contributed by atoms with van der Waals surface area (Å²) in [5.41, 5.74) is 16.6. The van der Waals surface area contributed by atoms with Crippen LogP contribution in [0.15, 0.2) is 60.9 Å². The standard InChI is InChI=1S/C22H17FN4.C7H9N5O/c1-3-19-21(17-9-11-18(23)12-10-17)26-22-16(5-4-6-20(22)25-19)8-7-15-13-24-27(2)14-15;8-5-4(6(9)13)7-10-2-1-3-12(7)11-5/h4-6,9-14H,3H2,1-2H3;1,3,10H,2H2,(H2,8,11)(H2,9,13). The zero-order valence-electron chi connectivity index (χ0n) is 21.9. The van der Waals surface area contributed by atoms with Crippen LogP contribution in [0.3, 0.4) is 0 Å². The Labute approximate surface area is 229 Å². The van der Waals surface area contributed by atoms with Gasteiger partial charge in [0, 0.05) is 31.6 Å². The van der Waals surface area contributed by atoms with Gasteiger partial charge < -0.3 is 16.8 Å². The number of halogens is 1. The fourth-order valence-corrected chi connectivity index (χ4v) is 4.21.